The Morgan fingerprint density at radius 2 is 1.82 bits per heavy atom. The first-order valence-corrected chi connectivity index (χ1v) is 10.9. The van der Waals surface area contributed by atoms with Crippen LogP contribution in [0.25, 0.3) is 5.69 Å². The third kappa shape index (κ3) is 5.11. The van der Waals surface area contributed by atoms with Gasteiger partial charge in [0, 0.05) is 24.7 Å². The molecule has 0 unspecified atom stereocenters. The molecule has 1 aliphatic heterocycles. The normalized spacial score (nSPS) is 15.5. The van der Waals surface area contributed by atoms with Gasteiger partial charge in [0.2, 0.25) is 5.91 Å². The molecule has 3 aromatic rings. The van der Waals surface area contributed by atoms with Crippen LogP contribution >= 0.6 is 0 Å². The number of hydrogen-bond acceptors (Lipinski definition) is 5. The third-order valence-corrected chi connectivity index (χ3v) is 5.56. The topological polar surface area (TPSA) is 93.5 Å². The number of aryl methyl sites for hydroxylation is 2. The number of esters is 1. The van der Waals surface area contributed by atoms with E-state index >= 15 is 0 Å². The fraction of sp³-hybridized carbons (Fsp3) is 0.280. The summed E-state index contributed by atoms with van der Waals surface area (Å²) in [4.78, 5) is 39.0. The number of nitrogens with zero attached hydrogens (tertiary/aromatic N) is 3. The molecule has 2 aromatic carbocycles. The molecule has 2 amide bonds. The van der Waals surface area contributed by atoms with E-state index in [0.29, 0.717) is 5.82 Å². The number of ether oxygens (including phenoxy) is 1. The van der Waals surface area contributed by atoms with Crippen LogP contribution in [0.5, 0.6) is 0 Å². The average molecular weight is 447 g/mol. The molecule has 1 saturated heterocycles. The van der Waals surface area contributed by atoms with Gasteiger partial charge in [-0.1, -0.05) is 37.3 Å². The lowest BCUT2D eigenvalue weighted by molar-refractivity contribution is -0.151. The van der Waals surface area contributed by atoms with Crippen LogP contribution in [0.15, 0.2) is 60.7 Å². The summed E-state index contributed by atoms with van der Waals surface area (Å²) < 4.78 is 6.84. The van der Waals surface area contributed by atoms with Crippen LogP contribution in [0.3, 0.4) is 0 Å². The zero-order valence-electron chi connectivity index (χ0n) is 18.7. The highest BCUT2D eigenvalue weighted by Gasteiger charge is 2.36. The van der Waals surface area contributed by atoms with Crippen molar-refractivity contribution in [3.05, 3.63) is 71.9 Å². The number of aromatic nitrogens is 2. The Balaban J connectivity index is 1.33. The van der Waals surface area contributed by atoms with Crippen LogP contribution in [0.4, 0.5) is 11.5 Å². The SMILES string of the molecule is CCc1ccc(N2C[C@@H](C(=O)OCC(=O)Nc3cc(C)nn3-c3ccccc3)CC2=O)cc1. The van der Waals surface area contributed by atoms with Crippen LogP contribution in [0, 0.1) is 12.8 Å². The van der Waals surface area contributed by atoms with Gasteiger partial charge in [0.25, 0.3) is 5.91 Å². The van der Waals surface area contributed by atoms with Crippen molar-refractivity contribution in [3.63, 3.8) is 0 Å². The number of rotatable bonds is 7. The number of amides is 2. The van der Waals surface area contributed by atoms with E-state index in [1.807, 2.05) is 61.5 Å². The first-order valence-electron chi connectivity index (χ1n) is 10.9. The Bertz CT molecular complexity index is 1150. The van der Waals surface area contributed by atoms with E-state index < -0.39 is 24.4 Å². The van der Waals surface area contributed by atoms with Gasteiger partial charge < -0.3 is 15.0 Å². The molecular weight excluding hydrogens is 420 g/mol. The molecule has 1 N–H and O–H groups in total. The first-order chi connectivity index (χ1) is 15.9. The zero-order chi connectivity index (χ0) is 23.4. The maximum atomic E-state index is 12.5. The molecule has 33 heavy (non-hydrogen) atoms. The number of carbonyl (C=O) groups excluding carboxylic acids is 3. The molecule has 0 saturated carbocycles. The van der Waals surface area contributed by atoms with E-state index in [1.54, 1.807) is 15.6 Å². The molecule has 1 atom stereocenters. The lowest BCUT2D eigenvalue weighted by atomic mass is 10.1. The van der Waals surface area contributed by atoms with Crippen molar-refractivity contribution in [2.24, 2.45) is 5.92 Å². The number of anilines is 2. The number of benzene rings is 2. The summed E-state index contributed by atoms with van der Waals surface area (Å²) in [7, 11) is 0. The second-order valence-corrected chi connectivity index (χ2v) is 8.00. The van der Waals surface area contributed by atoms with Crippen molar-refractivity contribution in [1.82, 2.24) is 9.78 Å². The molecule has 0 spiro atoms. The van der Waals surface area contributed by atoms with Crippen LogP contribution in [0.2, 0.25) is 0 Å². The fourth-order valence-electron chi connectivity index (χ4n) is 3.81. The molecule has 0 bridgehead atoms. The molecule has 2 heterocycles. The predicted octanol–water partition coefficient (Wildman–Crippen LogP) is 3.28. The molecule has 1 aliphatic rings. The van der Waals surface area contributed by atoms with Gasteiger partial charge in [-0.05, 0) is 43.2 Å². The van der Waals surface area contributed by atoms with E-state index in [4.69, 9.17) is 4.74 Å². The molecule has 1 aromatic heterocycles. The largest absolute Gasteiger partial charge is 0.455 e. The monoisotopic (exact) mass is 446 g/mol. The Labute approximate surface area is 192 Å². The van der Waals surface area contributed by atoms with E-state index in [1.165, 1.54) is 5.56 Å². The standard InChI is InChI=1S/C25H26N4O4/c1-3-18-9-11-20(12-10-18)28-15-19(14-24(28)31)25(32)33-16-23(30)26-22-13-17(2)27-29(22)21-7-5-4-6-8-21/h4-13,19H,3,14-16H2,1-2H3,(H,26,30)/t19-/m0/s1. The average Bonchev–Trinajstić information content (AvgIpc) is 3.40. The minimum atomic E-state index is -0.603. The number of nitrogens with one attached hydrogen (secondary N) is 1. The maximum Gasteiger partial charge on any atom is 0.311 e. The molecule has 8 nitrogen and oxygen atoms in total. The van der Waals surface area contributed by atoms with Crippen LogP contribution < -0.4 is 10.2 Å². The summed E-state index contributed by atoms with van der Waals surface area (Å²) in [6.45, 7) is 3.70. The van der Waals surface area contributed by atoms with Crippen molar-refractivity contribution in [2.75, 3.05) is 23.4 Å². The van der Waals surface area contributed by atoms with E-state index in [-0.39, 0.29) is 18.9 Å². The van der Waals surface area contributed by atoms with Gasteiger partial charge in [0.05, 0.1) is 17.3 Å². The summed E-state index contributed by atoms with van der Waals surface area (Å²) in [5.41, 5.74) is 3.48. The summed E-state index contributed by atoms with van der Waals surface area (Å²) in [5, 5.41) is 7.14. The highest BCUT2D eigenvalue weighted by molar-refractivity contribution is 6.00. The lowest BCUT2D eigenvalue weighted by Crippen LogP contribution is -2.28. The predicted molar refractivity (Wildman–Crippen MR) is 124 cm³/mol. The van der Waals surface area contributed by atoms with E-state index in [2.05, 4.69) is 17.3 Å². The lowest BCUT2D eigenvalue weighted by Gasteiger charge is -2.17. The number of carbonyl (C=O) groups is 3. The van der Waals surface area contributed by atoms with Crippen LogP contribution in [0.1, 0.15) is 24.6 Å². The van der Waals surface area contributed by atoms with Gasteiger partial charge in [-0.2, -0.15) is 5.10 Å². The molecule has 8 heteroatoms. The van der Waals surface area contributed by atoms with Crippen molar-refractivity contribution in [3.8, 4) is 5.69 Å². The molecule has 1 fully saturated rings. The Morgan fingerprint density at radius 1 is 1.09 bits per heavy atom. The smallest absolute Gasteiger partial charge is 0.311 e. The Morgan fingerprint density at radius 3 is 2.52 bits per heavy atom. The number of hydrogen-bond donors (Lipinski definition) is 1. The van der Waals surface area contributed by atoms with Gasteiger partial charge in [0.15, 0.2) is 6.61 Å². The van der Waals surface area contributed by atoms with Crippen LogP contribution in [-0.4, -0.2) is 40.7 Å². The Hall–Kier alpha value is -3.94. The van der Waals surface area contributed by atoms with Crippen molar-refractivity contribution in [2.45, 2.75) is 26.7 Å². The van der Waals surface area contributed by atoms with E-state index in [9.17, 15) is 14.4 Å². The summed E-state index contributed by atoms with van der Waals surface area (Å²) >= 11 is 0. The summed E-state index contributed by atoms with van der Waals surface area (Å²) in [5.74, 6) is -1.28. The molecule has 4 rings (SSSR count). The highest BCUT2D eigenvalue weighted by Crippen LogP contribution is 2.26. The molecule has 0 aliphatic carbocycles. The minimum Gasteiger partial charge on any atom is -0.455 e. The minimum absolute atomic E-state index is 0.0654. The molecular formula is C25H26N4O4. The molecule has 0 radical (unpaired) electrons. The summed E-state index contributed by atoms with van der Waals surface area (Å²) in [6.07, 6.45) is 0.979. The second kappa shape index (κ2) is 9.68. The summed E-state index contributed by atoms with van der Waals surface area (Å²) in [6, 6.07) is 18.9. The zero-order valence-corrected chi connectivity index (χ0v) is 18.7. The van der Waals surface area contributed by atoms with Gasteiger partial charge in [-0.15, -0.1) is 0 Å². The van der Waals surface area contributed by atoms with Crippen LogP contribution in [-0.2, 0) is 25.5 Å². The van der Waals surface area contributed by atoms with Crippen molar-refractivity contribution in [1.29, 1.82) is 0 Å². The fourth-order valence-corrected chi connectivity index (χ4v) is 3.81. The third-order valence-electron chi connectivity index (χ3n) is 5.56. The van der Waals surface area contributed by atoms with E-state index in [0.717, 1.165) is 23.5 Å². The first kappa shape index (κ1) is 22.3. The quantitative estimate of drug-likeness (QED) is 0.562. The Kier molecular flexibility index (Phi) is 6.53. The highest BCUT2D eigenvalue weighted by atomic mass is 16.5. The van der Waals surface area contributed by atoms with Crippen molar-refractivity contribution >= 4 is 29.3 Å². The number of para-hydroxylation sites is 1. The second-order valence-electron chi connectivity index (χ2n) is 8.00. The van der Waals surface area contributed by atoms with Gasteiger partial charge in [-0.25, -0.2) is 4.68 Å². The van der Waals surface area contributed by atoms with Crippen molar-refractivity contribution < 1.29 is 19.1 Å². The van der Waals surface area contributed by atoms with Gasteiger partial charge in [-0.3, -0.25) is 14.4 Å². The maximum absolute atomic E-state index is 12.5. The van der Waals surface area contributed by atoms with Gasteiger partial charge in [0.1, 0.15) is 5.82 Å². The van der Waals surface area contributed by atoms with Gasteiger partial charge >= 0.3 is 5.97 Å². The molecule has 170 valence electrons.